The van der Waals surface area contributed by atoms with Crippen LogP contribution in [0.2, 0.25) is 5.02 Å². The van der Waals surface area contributed by atoms with Gasteiger partial charge in [0.05, 0.1) is 22.6 Å². The molecule has 1 heterocycles. The van der Waals surface area contributed by atoms with E-state index in [0.717, 1.165) is 11.8 Å². The summed E-state index contributed by atoms with van der Waals surface area (Å²) < 4.78 is 33.8. The monoisotopic (exact) mass is 595 g/mol. The normalized spacial score (nSPS) is 11.5. The highest BCUT2D eigenvalue weighted by Crippen LogP contribution is 2.23. The molecule has 4 rings (SSSR count). The Kier molecular flexibility index (Phi) is 9.24. The van der Waals surface area contributed by atoms with Gasteiger partial charge in [0.2, 0.25) is 10.0 Å². The maximum absolute atomic E-state index is 13.4. The van der Waals surface area contributed by atoms with Gasteiger partial charge in [-0.15, -0.1) is 0 Å². The summed E-state index contributed by atoms with van der Waals surface area (Å²) in [6.45, 7) is -0.0455. The molecular weight excluding hydrogens is 574 g/mol. The standard InChI is InChI=1S/C27H22ClN5O7S/c28-20-8-6-19(7-9-20)17-32(41(38,39)25-4-2-1-3-5-25)18-24-15-14-23(40-24)16-29-31-27(35)26(34)30-21-10-12-22(13-11-21)33(36)37/h1-16H,17-18H2,(H,30,34)(H,31,35)/b29-16+. The highest BCUT2D eigenvalue weighted by Gasteiger charge is 2.26. The number of hydrazone groups is 1. The minimum atomic E-state index is -3.90. The molecule has 0 unspecified atom stereocenters. The molecule has 210 valence electrons. The number of carbonyl (C=O) groups is 2. The third-order valence-corrected chi connectivity index (χ3v) is 7.63. The first-order valence-electron chi connectivity index (χ1n) is 11.9. The number of carbonyl (C=O) groups excluding carboxylic acids is 2. The summed E-state index contributed by atoms with van der Waals surface area (Å²) in [5, 5.41) is 17.2. The SMILES string of the molecule is O=C(N/N=C/c1ccc(CN(Cc2ccc(Cl)cc2)S(=O)(=O)c2ccccc2)o1)C(=O)Nc1ccc([N+](=O)[O-])cc1. The number of rotatable bonds is 10. The zero-order valence-corrected chi connectivity index (χ0v) is 22.7. The number of sulfonamides is 1. The van der Waals surface area contributed by atoms with Crippen LogP contribution in [0.3, 0.4) is 0 Å². The molecule has 2 N–H and O–H groups in total. The van der Waals surface area contributed by atoms with Crippen molar-refractivity contribution in [2.45, 2.75) is 18.0 Å². The molecule has 12 nitrogen and oxygen atoms in total. The van der Waals surface area contributed by atoms with E-state index in [0.29, 0.717) is 10.8 Å². The van der Waals surface area contributed by atoms with Gasteiger partial charge in [0.1, 0.15) is 11.5 Å². The average Bonchev–Trinajstić information content (AvgIpc) is 3.41. The number of non-ortho nitro benzene ring substituents is 1. The lowest BCUT2D eigenvalue weighted by Gasteiger charge is -2.21. The van der Waals surface area contributed by atoms with Crippen molar-refractivity contribution in [3.8, 4) is 0 Å². The van der Waals surface area contributed by atoms with E-state index in [2.05, 4.69) is 10.4 Å². The minimum Gasteiger partial charge on any atom is -0.459 e. The third-order valence-electron chi connectivity index (χ3n) is 5.57. The molecule has 14 heteroatoms. The number of nitro benzene ring substituents is 1. The Hall–Kier alpha value is -4.85. The van der Waals surface area contributed by atoms with Crippen molar-refractivity contribution in [1.29, 1.82) is 0 Å². The highest BCUT2D eigenvalue weighted by atomic mass is 35.5. The van der Waals surface area contributed by atoms with Crippen LogP contribution in [0.25, 0.3) is 0 Å². The molecule has 0 atom stereocenters. The van der Waals surface area contributed by atoms with Crippen LogP contribution >= 0.6 is 11.6 Å². The lowest BCUT2D eigenvalue weighted by atomic mass is 10.2. The molecule has 0 aliphatic heterocycles. The number of halogens is 1. The average molecular weight is 596 g/mol. The van der Waals surface area contributed by atoms with E-state index in [1.54, 1.807) is 48.5 Å². The number of benzene rings is 3. The van der Waals surface area contributed by atoms with E-state index in [-0.39, 0.29) is 35.1 Å². The number of anilines is 1. The van der Waals surface area contributed by atoms with Crippen molar-refractivity contribution in [3.05, 3.63) is 123 Å². The molecule has 41 heavy (non-hydrogen) atoms. The summed E-state index contributed by atoms with van der Waals surface area (Å²) in [7, 11) is -3.90. The Labute approximate surface area is 239 Å². The molecule has 0 fully saturated rings. The fourth-order valence-corrected chi connectivity index (χ4v) is 5.08. The molecule has 4 aromatic rings. The van der Waals surface area contributed by atoms with Crippen molar-refractivity contribution < 1.29 is 27.3 Å². The summed E-state index contributed by atoms with van der Waals surface area (Å²) >= 11 is 5.97. The predicted molar refractivity (Wildman–Crippen MR) is 150 cm³/mol. The van der Waals surface area contributed by atoms with Gasteiger partial charge >= 0.3 is 11.8 Å². The first kappa shape index (κ1) is 29.1. The Bertz CT molecular complexity index is 1670. The highest BCUT2D eigenvalue weighted by molar-refractivity contribution is 7.89. The van der Waals surface area contributed by atoms with Gasteiger partial charge in [-0.2, -0.15) is 9.41 Å². The van der Waals surface area contributed by atoms with E-state index in [1.165, 1.54) is 46.8 Å². The Balaban J connectivity index is 1.40. The second-order valence-corrected chi connectivity index (χ2v) is 10.8. The first-order valence-corrected chi connectivity index (χ1v) is 13.7. The zero-order valence-electron chi connectivity index (χ0n) is 21.1. The van der Waals surface area contributed by atoms with Gasteiger partial charge in [-0.3, -0.25) is 19.7 Å². The second-order valence-electron chi connectivity index (χ2n) is 8.47. The smallest absolute Gasteiger partial charge is 0.329 e. The van der Waals surface area contributed by atoms with Crippen molar-refractivity contribution >= 4 is 51.0 Å². The quantitative estimate of drug-likeness (QED) is 0.119. The van der Waals surface area contributed by atoms with Crippen LogP contribution in [-0.4, -0.2) is 35.7 Å². The molecule has 0 aliphatic rings. The Morgan fingerprint density at radius 1 is 0.927 bits per heavy atom. The second kappa shape index (κ2) is 13.0. The van der Waals surface area contributed by atoms with Crippen molar-refractivity contribution in [3.63, 3.8) is 0 Å². The van der Waals surface area contributed by atoms with Crippen LogP contribution in [0.1, 0.15) is 17.1 Å². The minimum absolute atomic E-state index is 0.0540. The zero-order chi connectivity index (χ0) is 29.4. The molecule has 0 radical (unpaired) electrons. The summed E-state index contributed by atoms with van der Waals surface area (Å²) in [5.74, 6) is -1.63. The maximum Gasteiger partial charge on any atom is 0.329 e. The Morgan fingerprint density at radius 3 is 2.27 bits per heavy atom. The fraction of sp³-hybridized carbons (Fsp3) is 0.0741. The van der Waals surface area contributed by atoms with Gasteiger partial charge in [-0.05, 0) is 54.1 Å². The lowest BCUT2D eigenvalue weighted by molar-refractivity contribution is -0.384. The topological polar surface area (TPSA) is 164 Å². The molecule has 0 bridgehead atoms. The van der Waals surface area contributed by atoms with Gasteiger partial charge in [0.25, 0.3) is 5.69 Å². The number of hydrogen-bond donors (Lipinski definition) is 2. The van der Waals surface area contributed by atoms with E-state index >= 15 is 0 Å². The van der Waals surface area contributed by atoms with E-state index in [9.17, 15) is 28.1 Å². The summed E-state index contributed by atoms with van der Waals surface area (Å²) in [4.78, 5) is 34.3. The van der Waals surface area contributed by atoms with Crippen molar-refractivity contribution in [2.75, 3.05) is 5.32 Å². The van der Waals surface area contributed by atoms with Crippen molar-refractivity contribution in [2.24, 2.45) is 5.10 Å². The van der Waals surface area contributed by atoms with Crippen LogP contribution in [0.4, 0.5) is 11.4 Å². The molecule has 0 aliphatic carbocycles. The fourth-order valence-electron chi connectivity index (χ4n) is 3.54. The molecule has 3 aromatic carbocycles. The van der Waals surface area contributed by atoms with Gasteiger partial charge in [-0.25, -0.2) is 13.8 Å². The van der Waals surface area contributed by atoms with E-state index in [1.807, 2.05) is 5.43 Å². The van der Waals surface area contributed by atoms with Crippen LogP contribution in [0.5, 0.6) is 0 Å². The lowest BCUT2D eigenvalue weighted by Crippen LogP contribution is -2.32. The summed E-state index contributed by atoms with van der Waals surface area (Å²) in [6.07, 6.45) is 1.15. The van der Waals surface area contributed by atoms with Crippen LogP contribution < -0.4 is 10.7 Å². The molecule has 2 amide bonds. The molecule has 0 saturated heterocycles. The summed E-state index contributed by atoms with van der Waals surface area (Å²) in [5.41, 5.74) is 2.78. The number of furan rings is 1. The number of hydrogen-bond acceptors (Lipinski definition) is 8. The van der Waals surface area contributed by atoms with Gasteiger partial charge in [0.15, 0.2) is 0 Å². The maximum atomic E-state index is 13.4. The van der Waals surface area contributed by atoms with Crippen molar-refractivity contribution in [1.82, 2.24) is 9.73 Å². The number of nitrogens with zero attached hydrogens (tertiary/aromatic N) is 3. The summed E-state index contributed by atoms with van der Waals surface area (Å²) in [6, 6.07) is 22.8. The number of nitro groups is 1. The van der Waals surface area contributed by atoms with E-state index < -0.39 is 26.8 Å². The van der Waals surface area contributed by atoms with Gasteiger partial charge < -0.3 is 9.73 Å². The molecule has 0 saturated carbocycles. The van der Waals surface area contributed by atoms with Crippen LogP contribution in [-0.2, 0) is 32.7 Å². The molecule has 1 aromatic heterocycles. The molecular formula is C27H22ClN5O7S. The van der Waals surface area contributed by atoms with Gasteiger partial charge in [0, 0.05) is 29.4 Å². The third kappa shape index (κ3) is 7.85. The largest absolute Gasteiger partial charge is 0.459 e. The van der Waals surface area contributed by atoms with E-state index in [4.69, 9.17) is 16.0 Å². The van der Waals surface area contributed by atoms with Gasteiger partial charge in [-0.1, -0.05) is 41.9 Å². The predicted octanol–water partition coefficient (Wildman–Crippen LogP) is 4.32. The Morgan fingerprint density at radius 2 is 1.61 bits per heavy atom. The number of amides is 2. The van der Waals surface area contributed by atoms with Crippen LogP contribution in [0, 0.1) is 10.1 Å². The molecule has 0 spiro atoms. The van der Waals surface area contributed by atoms with Crippen LogP contribution in [0.15, 0.2) is 105 Å². The number of nitrogens with one attached hydrogen (secondary N) is 2. The first-order chi connectivity index (χ1) is 19.6.